The van der Waals surface area contributed by atoms with Crippen molar-refractivity contribution in [3.05, 3.63) is 53.9 Å². The summed E-state index contributed by atoms with van der Waals surface area (Å²) in [6.07, 6.45) is -0.274. The third kappa shape index (κ3) is 4.99. The summed E-state index contributed by atoms with van der Waals surface area (Å²) in [7, 11) is 0. The maximum atomic E-state index is 12.7. The van der Waals surface area contributed by atoms with E-state index in [2.05, 4.69) is 26.8 Å². The number of nitrogens with one attached hydrogen (secondary N) is 2. The van der Waals surface area contributed by atoms with Crippen LogP contribution in [0.1, 0.15) is 29.8 Å². The number of likely N-dealkylation sites (tertiary alicyclic amines) is 1. The number of aryl methyl sites for hydroxylation is 1. The fourth-order valence-corrected chi connectivity index (χ4v) is 3.36. The van der Waals surface area contributed by atoms with E-state index in [0.717, 1.165) is 62.5 Å². The van der Waals surface area contributed by atoms with E-state index in [0.29, 0.717) is 17.4 Å². The van der Waals surface area contributed by atoms with Gasteiger partial charge in [-0.2, -0.15) is 13.2 Å². The van der Waals surface area contributed by atoms with Gasteiger partial charge in [0.25, 0.3) is 0 Å². The van der Waals surface area contributed by atoms with Gasteiger partial charge in [0.05, 0.1) is 11.3 Å². The van der Waals surface area contributed by atoms with Crippen LogP contribution in [-0.4, -0.2) is 40.5 Å². The summed E-state index contributed by atoms with van der Waals surface area (Å²) in [6, 6.07) is 5.63. The molecule has 0 atom stereocenters. The smallest absolute Gasteiger partial charge is 0.342 e. The summed E-state index contributed by atoms with van der Waals surface area (Å²) in [5.41, 5.74) is 1.91. The first-order chi connectivity index (χ1) is 12.9. The highest BCUT2D eigenvalue weighted by atomic mass is 19.4. The van der Waals surface area contributed by atoms with E-state index >= 15 is 0 Å². The molecule has 146 valence electrons. The molecule has 2 aromatic rings. The number of imidazole rings is 1. The van der Waals surface area contributed by atoms with Gasteiger partial charge in [0.2, 0.25) is 0 Å². The molecule has 1 aliphatic rings. The number of aromatic nitrogens is 2. The van der Waals surface area contributed by atoms with E-state index in [9.17, 15) is 13.2 Å². The van der Waals surface area contributed by atoms with Crippen molar-refractivity contribution in [2.24, 2.45) is 0 Å². The van der Waals surface area contributed by atoms with Crippen molar-refractivity contribution in [3.8, 4) is 11.4 Å². The van der Waals surface area contributed by atoms with Crippen LogP contribution in [0.5, 0.6) is 0 Å². The number of piperidine rings is 1. The molecule has 27 heavy (non-hydrogen) atoms. The molecule has 0 aliphatic carbocycles. The Bertz CT molecular complexity index is 757. The van der Waals surface area contributed by atoms with E-state index < -0.39 is 11.7 Å². The molecule has 1 aliphatic heterocycles. The van der Waals surface area contributed by atoms with Crippen LogP contribution in [0.4, 0.5) is 13.2 Å². The second kappa shape index (κ2) is 8.27. The first kappa shape index (κ1) is 19.6. The third-order valence-electron chi connectivity index (χ3n) is 4.98. The van der Waals surface area contributed by atoms with Gasteiger partial charge >= 0.3 is 6.18 Å². The van der Waals surface area contributed by atoms with Crippen molar-refractivity contribution in [1.29, 1.82) is 0 Å². The maximum Gasteiger partial charge on any atom is 0.416 e. The molecule has 2 heterocycles. The highest BCUT2D eigenvalue weighted by molar-refractivity contribution is 5.56. The van der Waals surface area contributed by atoms with Crippen LogP contribution in [0.15, 0.2) is 36.9 Å². The molecule has 1 fully saturated rings. The van der Waals surface area contributed by atoms with E-state index in [1.54, 1.807) is 0 Å². The summed E-state index contributed by atoms with van der Waals surface area (Å²) in [6.45, 7) is 9.26. The first-order valence-electron chi connectivity index (χ1n) is 9.16. The minimum absolute atomic E-state index is 0.530. The number of hydrogen-bond donors (Lipinski definition) is 2. The quantitative estimate of drug-likeness (QED) is 0.743. The molecule has 3 rings (SSSR count). The fourth-order valence-electron chi connectivity index (χ4n) is 3.36. The summed E-state index contributed by atoms with van der Waals surface area (Å²) >= 11 is 0. The van der Waals surface area contributed by atoms with Crippen molar-refractivity contribution >= 4 is 0 Å². The predicted molar refractivity (Wildman–Crippen MR) is 100 cm³/mol. The normalized spacial score (nSPS) is 16.6. The van der Waals surface area contributed by atoms with Gasteiger partial charge in [-0.15, -0.1) is 6.58 Å². The monoisotopic (exact) mass is 378 g/mol. The Kier molecular flexibility index (Phi) is 6.01. The number of rotatable bonds is 6. The largest absolute Gasteiger partial charge is 0.416 e. The summed E-state index contributed by atoms with van der Waals surface area (Å²) < 4.78 is 38.1. The number of halogens is 3. The topological polar surface area (TPSA) is 44.0 Å². The van der Waals surface area contributed by atoms with Crippen LogP contribution in [0.25, 0.3) is 11.4 Å². The van der Waals surface area contributed by atoms with Gasteiger partial charge in [0.15, 0.2) is 0 Å². The number of alkyl halides is 3. The highest BCUT2D eigenvalue weighted by Crippen LogP contribution is 2.30. The second-order valence-electron chi connectivity index (χ2n) is 6.98. The van der Waals surface area contributed by atoms with E-state index in [-0.39, 0.29) is 0 Å². The molecule has 7 heteroatoms. The predicted octanol–water partition coefficient (Wildman–Crippen LogP) is 4.14. The molecule has 4 nitrogen and oxygen atoms in total. The lowest BCUT2D eigenvalue weighted by Crippen LogP contribution is -2.42. The van der Waals surface area contributed by atoms with Crippen molar-refractivity contribution < 1.29 is 13.2 Å². The highest BCUT2D eigenvalue weighted by Gasteiger charge is 2.30. The summed E-state index contributed by atoms with van der Waals surface area (Å²) in [4.78, 5) is 10.2. The maximum absolute atomic E-state index is 12.7. The van der Waals surface area contributed by atoms with Crippen LogP contribution >= 0.6 is 0 Å². The van der Waals surface area contributed by atoms with Gasteiger partial charge in [-0.25, -0.2) is 4.98 Å². The molecule has 0 spiro atoms. The van der Waals surface area contributed by atoms with Crippen molar-refractivity contribution in [1.82, 2.24) is 20.2 Å². The second-order valence-corrected chi connectivity index (χ2v) is 6.98. The molecule has 2 N–H and O–H groups in total. The average molecular weight is 378 g/mol. The van der Waals surface area contributed by atoms with Gasteiger partial charge in [0.1, 0.15) is 5.82 Å². The molecule has 1 saturated heterocycles. The van der Waals surface area contributed by atoms with E-state index in [4.69, 9.17) is 0 Å². The van der Waals surface area contributed by atoms with Gasteiger partial charge in [-0.1, -0.05) is 18.2 Å². The number of benzene rings is 1. The lowest BCUT2D eigenvalue weighted by Gasteiger charge is -2.31. The Hall–Kier alpha value is -2.12. The molecule has 1 aromatic carbocycles. The Balaban J connectivity index is 1.62. The first-order valence-corrected chi connectivity index (χ1v) is 9.16. The van der Waals surface area contributed by atoms with Crippen LogP contribution in [0, 0.1) is 6.92 Å². The third-order valence-corrected chi connectivity index (χ3v) is 4.98. The minimum atomic E-state index is -4.32. The Labute approximate surface area is 157 Å². The zero-order chi connectivity index (χ0) is 19.4. The van der Waals surface area contributed by atoms with Crippen molar-refractivity contribution in [2.45, 2.75) is 38.5 Å². The number of hydrogen-bond acceptors (Lipinski definition) is 3. The minimum Gasteiger partial charge on any atom is -0.342 e. The number of aromatic amines is 1. The van der Waals surface area contributed by atoms with Crippen molar-refractivity contribution in [3.63, 3.8) is 0 Å². The lowest BCUT2D eigenvalue weighted by molar-refractivity contribution is -0.137. The van der Waals surface area contributed by atoms with Gasteiger partial charge < -0.3 is 10.3 Å². The van der Waals surface area contributed by atoms with Crippen LogP contribution in [0.2, 0.25) is 0 Å². The molecule has 0 unspecified atom stereocenters. The molecule has 0 bridgehead atoms. The van der Waals surface area contributed by atoms with Crippen LogP contribution in [-0.2, 0) is 12.7 Å². The zero-order valence-corrected chi connectivity index (χ0v) is 15.4. The van der Waals surface area contributed by atoms with E-state index in [1.807, 2.05) is 13.0 Å². The SMILES string of the molecule is C=CCNC1CCN(Cc2nc(-c3ccc(C(F)(F)F)cc3)[nH]c2C)CC1. The van der Waals surface area contributed by atoms with Crippen LogP contribution < -0.4 is 5.32 Å². The molecular formula is C20H25F3N4. The standard InChI is InChI=1S/C20H25F3N4/c1-3-10-24-17-8-11-27(12-9-17)13-18-14(2)25-19(26-18)15-4-6-16(7-5-15)20(21,22)23/h3-7,17,24H,1,8-13H2,2H3,(H,25,26). The summed E-state index contributed by atoms with van der Waals surface area (Å²) in [5, 5.41) is 3.46. The molecule has 0 saturated carbocycles. The van der Waals surface area contributed by atoms with Gasteiger partial charge in [-0.05, 0) is 31.9 Å². The average Bonchev–Trinajstić information content (AvgIpc) is 3.01. The van der Waals surface area contributed by atoms with Gasteiger partial charge in [-0.3, -0.25) is 4.90 Å². The number of nitrogens with zero attached hydrogens (tertiary/aromatic N) is 2. The molecular weight excluding hydrogens is 353 g/mol. The molecule has 0 radical (unpaired) electrons. The van der Waals surface area contributed by atoms with Crippen LogP contribution in [0.3, 0.4) is 0 Å². The Morgan fingerprint density at radius 1 is 1.26 bits per heavy atom. The van der Waals surface area contributed by atoms with Gasteiger partial charge in [0, 0.05) is 43.5 Å². The fraction of sp³-hybridized carbons (Fsp3) is 0.450. The molecule has 0 amide bonds. The Morgan fingerprint density at radius 3 is 2.52 bits per heavy atom. The molecule has 1 aromatic heterocycles. The number of H-pyrrole nitrogens is 1. The zero-order valence-electron chi connectivity index (χ0n) is 15.4. The Morgan fingerprint density at radius 2 is 1.93 bits per heavy atom. The van der Waals surface area contributed by atoms with E-state index in [1.165, 1.54) is 12.1 Å². The summed E-state index contributed by atoms with van der Waals surface area (Å²) in [5.74, 6) is 0.610. The van der Waals surface area contributed by atoms with Crippen molar-refractivity contribution in [2.75, 3.05) is 19.6 Å². The lowest BCUT2D eigenvalue weighted by atomic mass is 10.0.